The fourth-order valence-corrected chi connectivity index (χ4v) is 12.1. The van der Waals surface area contributed by atoms with Crippen LogP contribution in [0.5, 0.6) is 0 Å². The predicted molar refractivity (Wildman–Crippen MR) is 293 cm³/mol. The average Bonchev–Trinajstić information content (AvgIpc) is 4.18. The quantitative estimate of drug-likeness (QED) is 0.0311. The van der Waals surface area contributed by atoms with E-state index in [0.717, 1.165) is 30.0 Å². The number of Topliss-reactive ketones (excluding diaryl/α,β-unsaturated/α-hetero) is 2. The number of hydrogen-bond acceptors (Lipinski definition) is 9. The molecule has 78 heavy (non-hydrogen) atoms. The van der Waals surface area contributed by atoms with E-state index in [0.29, 0.717) is 18.2 Å². The minimum Gasteiger partial charge on any atom is -1.00 e. The maximum atomic E-state index is 14.0. The van der Waals surface area contributed by atoms with E-state index < -0.39 is 54.0 Å². The number of ketones is 2. The van der Waals surface area contributed by atoms with Crippen LogP contribution in [0.3, 0.4) is 0 Å². The van der Waals surface area contributed by atoms with E-state index in [9.17, 15) is 37.1 Å². The summed E-state index contributed by atoms with van der Waals surface area (Å²) in [5.74, 6) is -4.68. The second kappa shape index (κ2) is 34.0. The number of methoxy groups -OCH3 is 2. The molecule has 2 unspecified atom stereocenters. The molecule has 0 radical (unpaired) electrons. The molecule has 0 saturated carbocycles. The Labute approximate surface area is 513 Å². The van der Waals surface area contributed by atoms with Gasteiger partial charge in [-0.15, -0.1) is 5.60 Å². The first-order chi connectivity index (χ1) is 36.1. The number of nitrogens with zero attached hydrogens (tertiary/aromatic N) is 4. The molecule has 20 heteroatoms. The molecule has 2 atom stereocenters. The third-order valence-corrected chi connectivity index (χ3v) is 16.2. The molecule has 5 aromatic carbocycles. The molecule has 11 nitrogen and oxygen atoms in total. The van der Waals surface area contributed by atoms with Gasteiger partial charge in [0.05, 0.1) is 31.0 Å². The molecule has 2 aromatic heterocycles. The van der Waals surface area contributed by atoms with Crippen molar-refractivity contribution in [3.05, 3.63) is 201 Å². The van der Waals surface area contributed by atoms with Crippen LogP contribution in [0, 0.1) is 23.3 Å². The van der Waals surface area contributed by atoms with Crippen molar-refractivity contribution >= 4 is 70.3 Å². The van der Waals surface area contributed by atoms with Crippen LogP contribution in [0.25, 0.3) is 6.08 Å². The van der Waals surface area contributed by atoms with Gasteiger partial charge in [0, 0.05) is 50.9 Å². The van der Waals surface area contributed by atoms with Crippen LogP contribution < -0.4 is 84.8 Å². The Kier molecular flexibility index (Phi) is 30.4. The summed E-state index contributed by atoms with van der Waals surface area (Å²) >= 11 is 12.3. The van der Waals surface area contributed by atoms with Gasteiger partial charge in [-0.1, -0.05) is 123 Å². The minimum absolute atomic E-state index is 0. The van der Waals surface area contributed by atoms with Gasteiger partial charge in [0.15, 0.2) is 47.5 Å². The second-order valence-electron chi connectivity index (χ2n) is 18.1. The summed E-state index contributed by atoms with van der Waals surface area (Å²) in [4.78, 5) is 34.2. The van der Waals surface area contributed by atoms with Crippen molar-refractivity contribution in [2.75, 3.05) is 33.8 Å². The maximum Gasteiger partial charge on any atom is 1.00 e. The smallest absolute Gasteiger partial charge is 1.00 e. The van der Waals surface area contributed by atoms with Crippen molar-refractivity contribution in [3.8, 4) is 0 Å². The Bertz CT molecular complexity index is 2910. The van der Waals surface area contributed by atoms with E-state index >= 15 is 0 Å². The van der Waals surface area contributed by atoms with Crippen molar-refractivity contribution in [3.63, 3.8) is 0 Å². The first kappa shape index (κ1) is 69.7. The number of carbonyl (C=O) groups is 3. The van der Waals surface area contributed by atoms with E-state index in [1.165, 1.54) is 97.9 Å². The van der Waals surface area contributed by atoms with Gasteiger partial charge in [0.2, 0.25) is 0 Å². The van der Waals surface area contributed by atoms with E-state index in [-0.39, 0.29) is 108 Å². The molecular formula is C58H63Cl3F4KN4O7P. The molecule has 1 fully saturated rings. The van der Waals surface area contributed by atoms with Gasteiger partial charge in [0.1, 0.15) is 44.9 Å². The van der Waals surface area contributed by atoms with Crippen molar-refractivity contribution in [1.82, 2.24) is 19.6 Å². The van der Waals surface area contributed by atoms with Gasteiger partial charge in [-0.3, -0.25) is 14.4 Å². The number of hydrogen-bond donors (Lipinski definition) is 0. The Morgan fingerprint density at radius 1 is 0.679 bits per heavy atom. The van der Waals surface area contributed by atoms with E-state index in [1.54, 1.807) is 34.8 Å². The summed E-state index contributed by atoms with van der Waals surface area (Å²) in [6.45, 7) is 12.6. The second-order valence-corrected chi connectivity index (χ2v) is 22.2. The Hall–Kier alpha value is -4.39. The molecular weight excluding hydrogens is 1120 g/mol. The fraction of sp³-hybridized carbons (Fsp3) is 0.293. The Morgan fingerprint density at radius 2 is 1.04 bits per heavy atom. The van der Waals surface area contributed by atoms with Crippen molar-refractivity contribution in [1.29, 1.82) is 0 Å². The van der Waals surface area contributed by atoms with E-state index in [1.807, 2.05) is 0 Å². The molecule has 0 bridgehead atoms. The van der Waals surface area contributed by atoms with Crippen LogP contribution in [0.1, 0.15) is 121 Å². The number of aldehydes is 1. The van der Waals surface area contributed by atoms with Gasteiger partial charge in [-0.2, -0.15) is 10.2 Å². The summed E-state index contributed by atoms with van der Waals surface area (Å²) in [7, 11) is 1.47. The van der Waals surface area contributed by atoms with Crippen LogP contribution in [0.2, 0.25) is 10.3 Å². The Morgan fingerprint density at radius 3 is 1.33 bits per heavy atom. The summed E-state index contributed by atoms with van der Waals surface area (Å²) in [6.07, 6.45) is 6.53. The molecule has 1 saturated heterocycles. The van der Waals surface area contributed by atoms with Gasteiger partial charge in [-0.05, 0) is 81.3 Å². The fourth-order valence-electron chi connectivity index (χ4n) is 7.65. The number of aromatic nitrogens is 4. The molecule has 0 amide bonds. The van der Waals surface area contributed by atoms with Gasteiger partial charge >= 0.3 is 51.4 Å². The molecule has 0 spiro atoms. The third kappa shape index (κ3) is 19.1. The third-order valence-electron chi connectivity index (χ3n) is 11.3. The van der Waals surface area contributed by atoms with Crippen molar-refractivity contribution in [2.45, 2.75) is 79.0 Å². The predicted octanol–water partition coefficient (Wildman–Crippen LogP) is 6.22. The number of carbonyl (C=O) groups excluding carboxylic acids is 3. The van der Waals surface area contributed by atoms with Gasteiger partial charge < -0.3 is 31.7 Å². The summed E-state index contributed by atoms with van der Waals surface area (Å²) in [5.41, 5.74) is -0.304. The van der Waals surface area contributed by atoms with Gasteiger partial charge in [-0.25, -0.2) is 26.9 Å². The van der Waals surface area contributed by atoms with Crippen molar-refractivity contribution < 1.29 is 115 Å². The molecule has 0 N–H and O–H groups in total. The molecule has 7 aromatic rings. The van der Waals surface area contributed by atoms with E-state index in [2.05, 4.69) is 101 Å². The zero-order chi connectivity index (χ0) is 56.2. The van der Waals surface area contributed by atoms with Crippen LogP contribution in [-0.4, -0.2) is 76.8 Å². The molecule has 412 valence electrons. The maximum absolute atomic E-state index is 14.0. The van der Waals surface area contributed by atoms with Crippen molar-refractivity contribution in [2.24, 2.45) is 0 Å². The number of halogens is 7. The SMILES string of the molecule is C1CCOC1.CC(=O)c1nn(C(C)c2cccc(F)c2F)c(Cl)c1C=O.CC(C)(C)[O-].COC=Cc1c(C(C)=O)nn(C(C)c2cccc(F)c2F)c1Cl.COC[P+](c1ccccc1)(c1ccccc1)c1ccccc1.[Cl-].[K+]. The molecule has 1 aliphatic rings. The Balaban J connectivity index is 0.000000362. The topological polar surface area (TPSA) is 138 Å². The minimum atomic E-state index is -1.78. The van der Waals surface area contributed by atoms with Crippen LogP contribution in [0.4, 0.5) is 17.6 Å². The summed E-state index contributed by atoms with van der Waals surface area (Å²) < 4.78 is 72.4. The first-order valence-electron chi connectivity index (χ1n) is 24.1. The van der Waals surface area contributed by atoms with Crippen LogP contribution >= 0.6 is 30.5 Å². The normalized spacial score (nSPS) is 12.5. The summed E-state index contributed by atoms with van der Waals surface area (Å²) in [6, 6.07) is 38.4. The molecule has 8 rings (SSSR count). The molecule has 3 heterocycles. The largest absolute Gasteiger partial charge is 1.00 e. The standard InChI is InChI=1S/C20H20OP.C16H15ClF2N2O2.C14H11ClF2N2O2.C4H8O.C4H9O.ClH.K/c1-21-17-22(18-11-5-2-6-12-18,19-13-7-3-8-14-19)20-15-9-4-10-16-20;1-9(11-5-4-6-13(18)14(11)19)21-16(17)12(7-8-23-3)15(20-21)10(2)22;1-7(9-4-3-5-11(16)12(9)17)19-14(15)10(6-20)13(18-19)8(2)21;1-2-4-5-3-1;1-4(2,3)5;;/h2-16H,17H2,1H3;4-9H,1-3H3;3-7H,1-2H3;1-4H2;1-3H3;1H;/q+1;;;;-1;;+1/p-1. The first-order valence-corrected chi connectivity index (χ1v) is 26.8. The van der Waals surface area contributed by atoms with Gasteiger partial charge in [0.25, 0.3) is 0 Å². The van der Waals surface area contributed by atoms with E-state index in [4.69, 9.17) is 37.4 Å². The zero-order valence-corrected chi connectivity index (χ0v) is 51.6. The number of ether oxygens (including phenoxy) is 3. The summed E-state index contributed by atoms with van der Waals surface area (Å²) in [5, 5.41) is 22.3. The monoisotopic (exact) mass is 1180 g/mol. The van der Waals surface area contributed by atoms with Crippen LogP contribution in [0.15, 0.2) is 134 Å². The number of benzene rings is 5. The molecule has 0 aliphatic carbocycles. The van der Waals surface area contributed by atoms with Crippen LogP contribution in [-0.2, 0) is 14.2 Å². The number of rotatable bonds is 14. The average molecular weight is 1180 g/mol. The molecule has 1 aliphatic heterocycles. The zero-order valence-electron chi connectivity index (χ0n) is 45.3.